The molecule has 0 aliphatic heterocycles. The van der Waals surface area contributed by atoms with Gasteiger partial charge in [-0.25, -0.2) is 4.98 Å². The first kappa shape index (κ1) is 12.0. The minimum absolute atomic E-state index is 0.724. The van der Waals surface area contributed by atoms with Gasteiger partial charge in [-0.1, -0.05) is 29.8 Å². The smallest absolute Gasteiger partial charge is 0.149 e. The van der Waals surface area contributed by atoms with Crippen LogP contribution in [-0.2, 0) is 6.42 Å². The zero-order valence-electron chi connectivity index (χ0n) is 10.3. The first-order valence-corrected chi connectivity index (χ1v) is 6.71. The van der Waals surface area contributed by atoms with Gasteiger partial charge in [-0.3, -0.25) is 0 Å². The van der Waals surface area contributed by atoms with E-state index in [1.54, 1.807) is 11.8 Å². The molecule has 2 rings (SSSR count). The highest BCUT2D eigenvalue weighted by molar-refractivity contribution is 7.98. The molecule has 0 aliphatic rings. The van der Waals surface area contributed by atoms with Crippen molar-refractivity contribution in [2.45, 2.75) is 25.3 Å². The van der Waals surface area contributed by atoms with Gasteiger partial charge in [0.05, 0.1) is 5.69 Å². The molecule has 0 saturated heterocycles. The molecule has 0 N–H and O–H groups in total. The van der Waals surface area contributed by atoms with Crippen LogP contribution in [0.15, 0.2) is 29.3 Å². The van der Waals surface area contributed by atoms with Crippen LogP contribution in [-0.4, -0.2) is 21.4 Å². The number of hydrogen-bond acceptors (Lipinski definition) is 4. The molecule has 0 amide bonds. The van der Waals surface area contributed by atoms with Gasteiger partial charge in [0.25, 0.3) is 0 Å². The van der Waals surface area contributed by atoms with Crippen molar-refractivity contribution in [3.8, 4) is 0 Å². The van der Waals surface area contributed by atoms with Gasteiger partial charge in [-0.2, -0.15) is 5.10 Å². The van der Waals surface area contributed by atoms with Crippen molar-refractivity contribution < 1.29 is 0 Å². The molecule has 88 valence electrons. The molecule has 0 saturated carbocycles. The zero-order chi connectivity index (χ0) is 12.3. The molecule has 2 aromatic rings. The summed E-state index contributed by atoms with van der Waals surface area (Å²) < 4.78 is 0. The van der Waals surface area contributed by atoms with Crippen molar-refractivity contribution >= 4 is 11.8 Å². The van der Waals surface area contributed by atoms with Crippen LogP contribution in [0.5, 0.6) is 0 Å². The number of rotatable bonds is 3. The second kappa shape index (κ2) is 5.27. The lowest BCUT2D eigenvalue weighted by Gasteiger charge is -2.06. The van der Waals surface area contributed by atoms with Crippen LogP contribution >= 0.6 is 11.8 Å². The predicted octanol–water partition coefficient (Wildman–Crippen LogP) is 2.80. The Bertz CT molecular complexity index is 526. The largest absolute Gasteiger partial charge is 0.223 e. The van der Waals surface area contributed by atoms with Gasteiger partial charge < -0.3 is 0 Å². The Morgan fingerprint density at radius 1 is 1.18 bits per heavy atom. The Labute approximate surface area is 106 Å². The zero-order valence-corrected chi connectivity index (χ0v) is 11.1. The molecular weight excluding hydrogens is 230 g/mol. The monoisotopic (exact) mass is 245 g/mol. The highest BCUT2D eigenvalue weighted by atomic mass is 32.2. The summed E-state index contributed by atoms with van der Waals surface area (Å²) >= 11 is 1.62. The summed E-state index contributed by atoms with van der Waals surface area (Å²) in [5.74, 6) is 0.724. The van der Waals surface area contributed by atoms with E-state index in [-0.39, 0.29) is 0 Å². The Kier molecular flexibility index (Phi) is 3.74. The van der Waals surface area contributed by atoms with Gasteiger partial charge in [0.2, 0.25) is 0 Å². The van der Waals surface area contributed by atoms with E-state index >= 15 is 0 Å². The molecule has 1 heterocycles. The minimum atomic E-state index is 0.724. The van der Waals surface area contributed by atoms with Gasteiger partial charge in [-0.15, -0.1) is 16.9 Å². The Morgan fingerprint density at radius 3 is 2.71 bits per heavy atom. The summed E-state index contributed by atoms with van der Waals surface area (Å²) in [7, 11) is 0. The SMILES string of the molecule is CSc1nc(C)nnc1Cc1cccc(C)c1. The van der Waals surface area contributed by atoms with Crippen molar-refractivity contribution in [2.75, 3.05) is 6.26 Å². The van der Waals surface area contributed by atoms with Gasteiger partial charge in [-0.05, 0) is 25.7 Å². The molecule has 0 fully saturated rings. The second-order valence-electron chi connectivity index (χ2n) is 3.98. The molecule has 3 nitrogen and oxygen atoms in total. The fourth-order valence-electron chi connectivity index (χ4n) is 1.70. The molecule has 0 aliphatic carbocycles. The highest BCUT2D eigenvalue weighted by Crippen LogP contribution is 2.18. The normalized spacial score (nSPS) is 10.5. The third kappa shape index (κ3) is 3.03. The van der Waals surface area contributed by atoms with E-state index in [1.165, 1.54) is 11.1 Å². The lowest BCUT2D eigenvalue weighted by Crippen LogP contribution is -2.02. The molecule has 0 radical (unpaired) electrons. The lowest BCUT2D eigenvalue weighted by molar-refractivity contribution is 0.789. The number of nitrogens with zero attached hydrogens (tertiary/aromatic N) is 3. The summed E-state index contributed by atoms with van der Waals surface area (Å²) in [5, 5.41) is 9.24. The minimum Gasteiger partial charge on any atom is -0.223 e. The summed E-state index contributed by atoms with van der Waals surface area (Å²) in [4.78, 5) is 4.40. The number of aromatic nitrogens is 3. The maximum absolute atomic E-state index is 4.40. The number of thioether (sulfide) groups is 1. The first-order valence-electron chi connectivity index (χ1n) is 5.49. The Hall–Kier alpha value is -1.42. The molecule has 1 aromatic carbocycles. The Morgan fingerprint density at radius 2 is 2.00 bits per heavy atom. The van der Waals surface area contributed by atoms with Crippen molar-refractivity contribution in [3.05, 3.63) is 46.9 Å². The fraction of sp³-hybridized carbons (Fsp3) is 0.308. The number of benzene rings is 1. The van der Waals surface area contributed by atoms with Crippen molar-refractivity contribution in [2.24, 2.45) is 0 Å². The lowest BCUT2D eigenvalue weighted by atomic mass is 10.1. The number of aryl methyl sites for hydroxylation is 2. The van der Waals surface area contributed by atoms with Crippen molar-refractivity contribution in [3.63, 3.8) is 0 Å². The molecule has 0 bridgehead atoms. The third-order valence-corrected chi connectivity index (χ3v) is 3.19. The maximum Gasteiger partial charge on any atom is 0.149 e. The average Bonchev–Trinajstić information content (AvgIpc) is 2.31. The van der Waals surface area contributed by atoms with Crippen LogP contribution in [0.25, 0.3) is 0 Å². The molecule has 4 heteroatoms. The van der Waals surface area contributed by atoms with Crippen LogP contribution < -0.4 is 0 Å². The third-order valence-electron chi connectivity index (χ3n) is 2.47. The van der Waals surface area contributed by atoms with Gasteiger partial charge >= 0.3 is 0 Å². The summed E-state index contributed by atoms with van der Waals surface area (Å²) in [5.41, 5.74) is 3.47. The Balaban J connectivity index is 2.29. The van der Waals surface area contributed by atoms with Crippen molar-refractivity contribution in [1.29, 1.82) is 0 Å². The first-order chi connectivity index (χ1) is 8.19. The van der Waals surface area contributed by atoms with Crippen LogP contribution in [0.3, 0.4) is 0 Å². The summed E-state index contributed by atoms with van der Waals surface area (Å²) in [6, 6.07) is 8.45. The van der Waals surface area contributed by atoms with Gasteiger partial charge in [0.1, 0.15) is 10.9 Å². The molecule has 0 unspecified atom stereocenters. The molecule has 17 heavy (non-hydrogen) atoms. The highest BCUT2D eigenvalue weighted by Gasteiger charge is 2.07. The molecule has 1 aromatic heterocycles. The van der Waals surface area contributed by atoms with Crippen LogP contribution in [0.4, 0.5) is 0 Å². The molecule has 0 spiro atoms. The van der Waals surface area contributed by atoms with Gasteiger partial charge in [0.15, 0.2) is 0 Å². The predicted molar refractivity (Wildman–Crippen MR) is 70.3 cm³/mol. The fourth-order valence-corrected chi connectivity index (χ4v) is 2.27. The maximum atomic E-state index is 4.40. The van der Waals surface area contributed by atoms with E-state index in [0.29, 0.717) is 0 Å². The van der Waals surface area contributed by atoms with E-state index in [9.17, 15) is 0 Å². The summed E-state index contributed by atoms with van der Waals surface area (Å²) in [6.45, 7) is 3.96. The summed E-state index contributed by atoms with van der Waals surface area (Å²) in [6.07, 6.45) is 2.81. The topological polar surface area (TPSA) is 38.7 Å². The van der Waals surface area contributed by atoms with E-state index in [0.717, 1.165) is 23.0 Å². The van der Waals surface area contributed by atoms with E-state index in [1.807, 2.05) is 13.2 Å². The van der Waals surface area contributed by atoms with Crippen LogP contribution in [0, 0.1) is 13.8 Å². The van der Waals surface area contributed by atoms with E-state index in [2.05, 4.69) is 46.4 Å². The quantitative estimate of drug-likeness (QED) is 0.779. The molecule has 0 atom stereocenters. The average molecular weight is 245 g/mol. The molecular formula is C13H15N3S. The van der Waals surface area contributed by atoms with Crippen molar-refractivity contribution in [1.82, 2.24) is 15.2 Å². The van der Waals surface area contributed by atoms with Gasteiger partial charge in [0, 0.05) is 6.42 Å². The van der Waals surface area contributed by atoms with Crippen LogP contribution in [0.1, 0.15) is 22.6 Å². The standard InChI is InChI=1S/C13H15N3S/c1-9-5-4-6-11(7-9)8-12-13(17-3)14-10(2)15-16-12/h4-7H,8H2,1-3H3. The number of hydrogen-bond donors (Lipinski definition) is 0. The second-order valence-corrected chi connectivity index (χ2v) is 4.78. The van der Waals surface area contributed by atoms with E-state index < -0.39 is 0 Å². The van der Waals surface area contributed by atoms with Crippen LogP contribution in [0.2, 0.25) is 0 Å². The van der Waals surface area contributed by atoms with E-state index in [4.69, 9.17) is 0 Å².